The number of thioether (sulfide) groups is 1. The SMILES string of the molecule is C#Cc1c(F)ccc2cc(O)cc(-c3nc(SC)c4c(N5CC6CCC(C5)N6C(=O)OC(C)(C)C)nc(OCC5(CN6CCC(=C(F)F)CC6)CC5)nc4c3F)c12. The van der Waals surface area contributed by atoms with Gasteiger partial charge in [-0.3, -0.25) is 4.90 Å². The lowest BCUT2D eigenvalue weighted by atomic mass is 9.95. The molecule has 10 nitrogen and oxygen atoms in total. The number of benzene rings is 2. The zero-order chi connectivity index (χ0) is 40.4. The van der Waals surface area contributed by atoms with Crippen molar-refractivity contribution in [3.8, 4) is 35.4 Å². The van der Waals surface area contributed by atoms with Crippen LogP contribution in [-0.4, -0.2) is 99.2 Å². The Morgan fingerprint density at radius 1 is 1.05 bits per heavy atom. The number of carbonyl (C=O) groups is 1. The lowest BCUT2D eigenvalue weighted by molar-refractivity contribution is 0.0122. The molecular formula is C42H44F4N6O4S. The molecule has 2 aromatic carbocycles. The maximum absolute atomic E-state index is 17.4. The molecule has 2 unspecified atom stereocenters. The summed E-state index contributed by atoms with van der Waals surface area (Å²) < 4.78 is 71.0. The van der Waals surface area contributed by atoms with Gasteiger partial charge in [-0.05, 0) is 94.7 Å². The molecule has 2 aromatic heterocycles. The monoisotopic (exact) mass is 804 g/mol. The summed E-state index contributed by atoms with van der Waals surface area (Å²) in [6.07, 6.45) is 9.52. The summed E-state index contributed by atoms with van der Waals surface area (Å²) in [5.41, 5.74) is -0.923. The minimum Gasteiger partial charge on any atom is -0.508 e. The summed E-state index contributed by atoms with van der Waals surface area (Å²) in [5.74, 6) is 1.10. The third kappa shape index (κ3) is 7.54. The van der Waals surface area contributed by atoms with Crippen LogP contribution in [0.2, 0.25) is 0 Å². The van der Waals surface area contributed by atoms with E-state index in [1.807, 2.05) is 30.6 Å². The summed E-state index contributed by atoms with van der Waals surface area (Å²) in [4.78, 5) is 33.8. The first-order valence-electron chi connectivity index (χ1n) is 19.2. The number of aromatic nitrogens is 3. The molecule has 4 aliphatic rings. The van der Waals surface area contributed by atoms with E-state index in [9.17, 15) is 18.7 Å². The molecular weight excluding hydrogens is 761 g/mol. The number of hydrogen-bond donors (Lipinski definition) is 1. The van der Waals surface area contributed by atoms with Crippen LogP contribution in [0.5, 0.6) is 11.8 Å². The minimum absolute atomic E-state index is 0.0479. The Kier molecular flexibility index (Phi) is 10.2. The van der Waals surface area contributed by atoms with Crippen molar-refractivity contribution in [2.24, 2.45) is 5.41 Å². The van der Waals surface area contributed by atoms with Gasteiger partial charge in [0.05, 0.1) is 29.6 Å². The van der Waals surface area contributed by atoms with Crippen molar-refractivity contribution in [3.05, 3.63) is 53.1 Å². The van der Waals surface area contributed by atoms with Gasteiger partial charge in [-0.2, -0.15) is 18.7 Å². The number of fused-ring (bicyclic) bond motifs is 4. The lowest BCUT2D eigenvalue weighted by Gasteiger charge is -2.42. The number of halogens is 4. The number of rotatable bonds is 8. The maximum Gasteiger partial charge on any atom is 0.410 e. The van der Waals surface area contributed by atoms with Gasteiger partial charge in [-0.25, -0.2) is 18.6 Å². The van der Waals surface area contributed by atoms with E-state index in [2.05, 4.69) is 15.8 Å². The predicted octanol–water partition coefficient (Wildman–Crippen LogP) is 8.53. The molecule has 4 fully saturated rings. The van der Waals surface area contributed by atoms with Gasteiger partial charge in [-0.1, -0.05) is 12.0 Å². The standard InChI is InChI=1S/C42H44F4N6O4S/c1-6-28-30(43)10-7-24-17-27(53)18-29(31(24)28)34-33(44)35-32(38(47-34)57-5)37(51-19-25-8-9-26(20-51)52(25)40(54)56-41(2,3)4)49-39(48-35)55-22-42(13-14-42)21-50-15-11-23(12-16-50)36(45)46/h1,7,10,17-18,25-26,53H,8-9,11-16,19-22H2,2-5H3. The van der Waals surface area contributed by atoms with E-state index in [1.165, 1.54) is 36.0 Å². The van der Waals surface area contributed by atoms with Crippen LogP contribution in [0.4, 0.5) is 28.2 Å². The Morgan fingerprint density at radius 3 is 2.37 bits per heavy atom. The molecule has 8 rings (SSSR count). The minimum atomic E-state index is -1.58. The molecule has 1 aliphatic carbocycles. The third-order valence-corrected chi connectivity index (χ3v) is 12.2. The summed E-state index contributed by atoms with van der Waals surface area (Å²) in [6.45, 7) is 8.28. The van der Waals surface area contributed by atoms with Gasteiger partial charge < -0.3 is 24.4 Å². The fourth-order valence-corrected chi connectivity index (χ4v) is 9.13. The van der Waals surface area contributed by atoms with Crippen molar-refractivity contribution in [1.29, 1.82) is 0 Å². The van der Waals surface area contributed by atoms with E-state index < -0.39 is 23.3 Å². The first-order chi connectivity index (χ1) is 27.2. The largest absolute Gasteiger partial charge is 0.508 e. The van der Waals surface area contributed by atoms with Crippen molar-refractivity contribution in [2.45, 2.75) is 82.0 Å². The summed E-state index contributed by atoms with van der Waals surface area (Å²) >= 11 is 1.26. The van der Waals surface area contributed by atoms with Crippen LogP contribution in [0.3, 0.4) is 0 Å². The second kappa shape index (κ2) is 14.8. The van der Waals surface area contributed by atoms with Gasteiger partial charge in [0.2, 0.25) is 0 Å². The van der Waals surface area contributed by atoms with Crippen molar-refractivity contribution in [2.75, 3.05) is 50.5 Å². The molecule has 1 saturated carbocycles. The highest BCUT2D eigenvalue weighted by atomic mass is 32.2. The van der Waals surface area contributed by atoms with Crippen LogP contribution in [0.1, 0.15) is 64.9 Å². The number of amides is 1. The summed E-state index contributed by atoms with van der Waals surface area (Å²) in [6, 6.07) is 5.00. The van der Waals surface area contributed by atoms with Gasteiger partial charge in [0.15, 0.2) is 5.82 Å². The van der Waals surface area contributed by atoms with Crippen LogP contribution in [-0.2, 0) is 4.74 Å². The highest BCUT2D eigenvalue weighted by Crippen LogP contribution is 2.48. The van der Waals surface area contributed by atoms with Gasteiger partial charge in [0.1, 0.15) is 39.2 Å². The quantitative estimate of drug-likeness (QED) is 0.106. The van der Waals surface area contributed by atoms with E-state index in [0.717, 1.165) is 25.7 Å². The van der Waals surface area contributed by atoms with E-state index in [0.29, 0.717) is 67.2 Å². The molecule has 3 aliphatic heterocycles. The molecule has 300 valence electrons. The zero-order valence-electron chi connectivity index (χ0n) is 32.3. The van der Waals surface area contributed by atoms with Crippen LogP contribution in [0.15, 0.2) is 40.9 Å². The van der Waals surface area contributed by atoms with E-state index >= 15 is 8.78 Å². The molecule has 2 bridgehead atoms. The van der Waals surface area contributed by atoms with E-state index in [-0.39, 0.29) is 75.3 Å². The van der Waals surface area contributed by atoms with Crippen LogP contribution in [0, 0.1) is 29.4 Å². The van der Waals surface area contributed by atoms with Crippen LogP contribution < -0.4 is 9.64 Å². The number of pyridine rings is 1. The molecule has 57 heavy (non-hydrogen) atoms. The number of hydrogen-bond acceptors (Lipinski definition) is 10. The highest BCUT2D eigenvalue weighted by Gasteiger charge is 2.47. The van der Waals surface area contributed by atoms with Crippen molar-refractivity contribution in [1.82, 2.24) is 24.8 Å². The van der Waals surface area contributed by atoms with Crippen molar-refractivity contribution in [3.63, 3.8) is 0 Å². The molecule has 1 amide bonds. The molecule has 0 radical (unpaired) electrons. The number of piperazine rings is 1. The molecule has 5 heterocycles. The smallest absolute Gasteiger partial charge is 0.410 e. The number of piperidine rings is 1. The van der Waals surface area contributed by atoms with Gasteiger partial charge in [-0.15, -0.1) is 18.2 Å². The average molecular weight is 805 g/mol. The number of phenols is 1. The fraction of sp³-hybridized carbons (Fsp3) is 0.476. The van der Waals surface area contributed by atoms with Crippen molar-refractivity contribution >= 4 is 45.3 Å². The van der Waals surface area contributed by atoms with Crippen LogP contribution >= 0.6 is 11.8 Å². The number of phenolic OH excluding ortho intramolecular Hbond substituents is 1. The number of anilines is 1. The summed E-state index contributed by atoms with van der Waals surface area (Å²) in [7, 11) is 0. The topological polar surface area (TPSA) is 104 Å². The second-order valence-electron chi connectivity index (χ2n) is 16.6. The molecule has 4 aromatic rings. The Labute approximate surface area is 332 Å². The Hall–Kier alpha value is -4.81. The fourth-order valence-electron chi connectivity index (χ4n) is 8.55. The Balaban J connectivity index is 1.21. The molecule has 2 atom stereocenters. The summed E-state index contributed by atoms with van der Waals surface area (Å²) in [5, 5.41) is 12.1. The number of likely N-dealkylation sites (tertiary alicyclic amines) is 1. The zero-order valence-corrected chi connectivity index (χ0v) is 33.1. The number of carbonyl (C=O) groups excluding carboxylic acids is 1. The predicted molar refractivity (Wildman–Crippen MR) is 211 cm³/mol. The molecule has 15 heteroatoms. The molecule has 0 spiro atoms. The number of nitrogens with zero attached hydrogens (tertiary/aromatic N) is 6. The Bertz CT molecular complexity index is 2330. The molecule has 1 N–H and O–H groups in total. The number of aromatic hydroxyl groups is 1. The van der Waals surface area contributed by atoms with Gasteiger partial charge >= 0.3 is 12.1 Å². The highest BCUT2D eigenvalue weighted by molar-refractivity contribution is 7.98. The van der Waals surface area contributed by atoms with Gasteiger partial charge in [0, 0.05) is 49.1 Å². The normalized spacial score (nSPS) is 20.6. The first-order valence-corrected chi connectivity index (χ1v) is 20.4. The number of terminal acetylenes is 1. The van der Waals surface area contributed by atoms with Crippen molar-refractivity contribution < 1.29 is 36.9 Å². The third-order valence-electron chi connectivity index (χ3n) is 11.5. The number of ether oxygens (including phenoxy) is 2. The van der Waals surface area contributed by atoms with E-state index in [4.69, 9.17) is 25.9 Å². The second-order valence-corrected chi connectivity index (χ2v) is 17.4. The average Bonchev–Trinajstić information content (AvgIpc) is 3.88. The maximum atomic E-state index is 17.4. The lowest BCUT2D eigenvalue weighted by Crippen LogP contribution is -2.57. The van der Waals surface area contributed by atoms with E-state index in [1.54, 1.807) is 6.26 Å². The molecule has 3 saturated heterocycles. The van der Waals surface area contributed by atoms with Crippen LogP contribution in [0.25, 0.3) is 32.9 Å². The van der Waals surface area contributed by atoms with Gasteiger partial charge in [0.25, 0.3) is 6.08 Å². The first kappa shape index (κ1) is 39.0. The Morgan fingerprint density at radius 2 is 1.75 bits per heavy atom.